The van der Waals surface area contributed by atoms with Gasteiger partial charge in [-0.15, -0.1) is 0 Å². The summed E-state index contributed by atoms with van der Waals surface area (Å²) >= 11 is 0. The van der Waals surface area contributed by atoms with E-state index in [2.05, 4.69) is 29.6 Å². The third-order valence-corrected chi connectivity index (χ3v) is 8.70. The second kappa shape index (κ2) is 8.40. The van der Waals surface area contributed by atoms with Gasteiger partial charge in [-0.1, -0.05) is 55.0 Å². The van der Waals surface area contributed by atoms with Crippen molar-refractivity contribution in [2.24, 2.45) is 23.2 Å². The van der Waals surface area contributed by atoms with Gasteiger partial charge in [0.1, 0.15) is 6.61 Å². The van der Waals surface area contributed by atoms with Crippen LogP contribution in [0, 0.1) is 23.2 Å². The molecular weight excluding hydrogens is 444 g/mol. The van der Waals surface area contributed by atoms with Gasteiger partial charge < -0.3 is 20.1 Å². The molecule has 7 nitrogen and oxygen atoms in total. The number of carbonyl (C=O) groups is 3. The molecule has 0 aromatic heterocycles. The summed E-state index contributed by atoms with van der Waals surface area (Å²) in [5.74, 6) is -0.684. The van der Waals surface area contributed by atoms with E-state index in [1.807, 2.05) is 24.3 Å². The standard InChI is InChI=1S/C28H30N2O5/c31-25(30-14-18-6-5-11-28(18,16-30)26(32)33)23-12-17(23)13-29-27(34)35-15-24-21-9-3-1-7-19(21)20-8-2-4-10-22(20)24/h1-4,7-10,17-18,23-24H,5-6,11-16H2,(H,29,34)(H,32,33)/t17?,18-,23?,28-/m0/s1. The third kappa shape index (κ3) is 3.68. The molecule has 7 heteroatoms. The molecule has 2 aromatic rings. The number of ether oxygens (including phenoxy) is 1. The number of aliphatic carboxylic acids is 1. The van der Waals surface area contributed by atoms with Gasteiger partial charge in [-0.2, -0.15) is 0 Å². The number of fused-ring (bicyclic) bond motifs is 4. The number of hydrogen-bond acceptors (Lipinski definition) is 4. The number of rotatable bonds is 6. The van der Waals surface area contributed by atoms with Crippen molar-refractivity contribution >= 4 is 18.0 Å². The second-order valence-electron chi connectivity index (χ2n) is 10.6. The Labute approximate surface area is 204 Å². The first-order chi connectivity index (χ1) is 17.0. The highest BCUT2D eigenvalue weighted by molar-refractivity contribution is 5.85. The van der Waals surface area contributed by atoms with Gasteiger partial charge in [-0.25, -0.2) is 4.79 Å². The van der Waals surface area contributed by atoms with Crippen LogP contribution < -0.4 is 5.32 Å². The zero-order chi connectivity index (χ0) is 24.2. The van der Waals surface area contributed by atoms with E-state index in [4.69, 9.17) is 4.74 Å². The van der Waals surface area contributed by atoms with Crippen LogP contribution in [0.4, 0.5) is 4.79 Å². The van der Waals surface area contributed by atoms with Crippen LogP contribution in [0.3, 0.4) is 0 Å². The minimum absolute atomic E-state index is 0.0135. The van der Waals surface area contributed by atoms with Crippen molar-refractivity contribution < 1.29 is 24.2 Å². The van der Waals surface area contributed by atoms with Gasteiger partial charge in [0.05, 0.1) is 5.41 Å². The molecule has 2 amide bonds. The molecular formula is C28H30N2O5. The number of nitrogens with one attached hydrogen (secondary N) is 1. The SMILES string of the molecule is O=C(NCC1CC1C(=O)N1C[C@@H]2CCC[C@]2(C(=O)O)C1)OCC1c2ccccc2-c2ccccc21. The molecule has 0 bridgehead atoms. The molecule has 2 aromatic carbocycles. The Morgan fingerprint density at radius 2 is 1.74 bits per heavy atom. The van der Waals surface area contributed by atoms with E-state index in [0.29, 0.717) is 26.1 Å². The van der Waals surface area contributed by atoms with Gasteiger partial charge in [0.2, 0.25) is 5.91 Å². The van der Waals surface area contributed by atoms with Crippen molar-refractivity contribution in [2.75, 3.05) is 26.2 Å². The van der Waals surface area contributed by atoms with E-state index in [9.17, 15) is 19.5 Å². The number of alkyl carbamates (subject to hydrolysis) is 1. The van der Waals surface area contributed by atoms with Gasteiger partial charge in [0.15, 0.2) is 0 Å². The summed E-state index contributed by atoms with van der Waals surface area (Å²) in [6.07, 6.45) is 2.73. The number of amides is 2. The molecule has 2 saturated carbocycles. The van der Waals surface area contributed by atoms with Crippen molar-refractivity contribution in [3.8, 4) is 11.1 Å². The molecule has 1 saturated heterocycles. The third-order valence-electron chi connectivity index (χ3n) is 8.70. The monoisotopic (exact) mass is 474 g/mol. The number of likely N-dealkylation sites (tertiary alicyclic amines) is 1. The van der Waals surface area contributed by atoms with Crippen LogP contribution in [0.2, 0.25) is 0 Å². The van der Waals surface area contributed by atoms with Crippen molar-refractivity contribution in [1.29, 1.82) is 0 Å². The van der Waals surface area contributed by atoms with Crippen molar-refractivity contribution in [3.05, 3.63) is 59.7 Å². The lowest BCUT2D eigenvalue weighted by atomic mass is 9.81. The highest BCUT2D eigenvalue weighted by Gasteiger charge is 2.57. The Balaban J connectivity index is 0.999. The molecule has 1 aliphatic heterocycles. The first-order valence-corrected chi connectivity index (χ1v) is 12.6. The highest BCUT2D eigenvalue weighted by Crippen LogP contribution is 2.51. The van der Waals surface area contributed by atoms with Gasteiger partial charge in [0, 0.05) is 31.5 Å². The van der Waals surface area contributed by atoms with Gasteiger partial charge >= 0.3 is 12.1 Å². The summed E-state index contributed by atoms with van der Waals surface area (Å²) < 4.78 is 5.59. The molecule has 0 radical (unpaired) electrons. The average molecular weight is 475 g/mol. The molecule has 0 spiro atoms. The van der Waals surface area contributed by atoms with Crippen molar-refractivity contribution in [3.63, 3.8) is 0 Å². The predicted molar refractivity (Wildman–Crippen MR) is 129 cm³/mol. The molecule has 3 aliphatic carbocycles. The van der Waals surface area contributed by atoms with Crippen molar-refractivity contribution in [1.82, 2.24) is 10.2 Å². The number of nitrogens with zero attached hydrogens (tertiary/aromatic N) is 1. The van der Waals surface area contributed by atoms with E-state index < -0.39 is 17.5 Å². The maximum absolute atomic E-state index is 13.0. The summed E-state index contributed by atoms with van der Waals surface area (Å²) in [4.78, 5) is 39.1. The van der Waals surface area contributed by atoms with Crippen LogP contribution in [-0.2, 0) is 14.3 Å². The van der Waals surface area contributed by atoms with Gasteiger partial charge in [-0.05, 0) is 53.4 Å². The lowest BCUT2D eigenvalue weighted by Gasteiger charge is -2.23. The van der Waals surface area contributed by atoms with Gasteiger partial charge in [0.25, 0.3) is 0 Å². The van der Waals surface area contributed by atoms with E-state index in [0.717, 1.165) is 19.3 Å². The Bertz CT molecular complexity index is 1150. The predicted octanol–water partition coefficient (Wildman–Crippen LogP) is 3.87. The van der Waals surface area contributed by atoms with E-state index in [1.54, 1.807) is 4.90 Å². The fraction of sp³-hybridized carbons (Fsp3) is 0.464. The Hall–Kier alpha value is -3.35. The Kier molecular flexibility index (Phi) is 5.31. The van der Waals surface area contributed by atoms with E-state index in [-0.39, 0.29) is 36.2 Å². The Morgan fingerprint density at radius 1 is 1.06 bits per heavy atom. The number of carboxylic acids is 1. The maximum Gasteiger partial charge on any atom is 0.407 e. The molecule has 182 valence electrons. The highest BCUT2D eigenvalue weighted by atomic mass is 16.5. The van der Waals surface area contributed by atoms with Crippen LogP contribution in [0.5, 0.6) is 0 Å². The van der Waals surface area contributed by atoms with E-state index in [1.165, 1.54) is 22.3 Å². The zero-order valence-corrected chi connectivity index (χ0v) is 19.6. The molecule has 2 N–H and O–H groups in total. The lowest BCUT2D eigenvalue weighted by Crippen LogP contribution is -2.38. The number of carbonyl (C=O) groups excluding carboxylic acids is 2. The first kappa shape index (κ1) is 22.1. The Morgan fingerprint density at radius 3 is 2.40 bits per heavy atom. The van der Waals surface area contributed by atoms with Crippen LogP contribution in [0.25, 0.3) is 11.1 Å². The molecule has 4 atom stereocenters. The molecule has 1 heterocycles. The largest absolute Gasteiger partial charge is 0.481 e. The van der Waals surface area contributed by atoms with Crippen LogP contribution >= 0.6 is 0 Å². The number of carboxylic acid groups (broad SMARTS) is 1. The molecule has 3 fully saturated rings. The van der Waals surface area contributed by atoms with Crippen LogP contribution in [-0.4, -0.2) is 54.2 Å². The quantitative estimate of drug-likeness (QED) is 0.663. The lowest BCUT2D eigenvalue weighted by molar-refractivity contribution is -0.149. The van der Waals surface area contributed by atoms with Gasteiger partial charge in [-0.3, -0.25) is 9.59 Å². The fourth-order valence-corrected chi connectivity index (χ4v) is 6.68. The average Bonchev–Trinajstić information content (AvgIpc) is 3.20. The van der Waals surface area contributed by atoms with Crippen LogP contribution in [0.15, 0.2) is 48.5 Å². The molecule has 6 rings (SSSR count). The smallest absolute Gasteiger partial charge is 0.407 e. The van der Waals surface area contributed by atoms with Crippen molar-refractivity contribution in [2.45, 2.75) is 31.6 Å². The number of hydrogen-bond donors (Lipinski definition) is 2. The minimum Gasteiger partial charge on any atom is -0.481 e. The molecule has 35 heavy (non-hydrogen) atoms. The van der Waals surface area contributed by atoms with Crippen LogP contribution in [0.1, 0.15) is 42.7 Å². The summed E-state index contributed by atoms with van der Waals surface area (Å²) in [5.41, 5.74) is 3.96. The molecule has 2 unspecified atom stereocenters. The maximum atomic E-state index is 13.0. The topological polar surface area (TPSA) is 95.9 Å². The first-order valence-electron chi connectivity index (χ1n) is 12.6. The summed E-state index contributed by atoms with van der Waals surface area (Å²) in [6.45, 7) is 1.54. The minimum atomic E-state index is -0.764. The summed E-state index contributed by atoms with van der Waals surface area (Å²) in [5, 5.41) is 12.6. The number of benzene rings is 2. The zero-order valence-electron chi connectivity index (χ0n) is 19.6. The summed E-state index contributed by atoms with van der Waals surface area (Å²) in [7, 11) is 0. The van der Waals surface area contributed by atoms with E-state index >= 15 is 0 Å². The second-order valence-corrected chi connectivity index (χ2v) is 10.6. The normalized spacial score (nSPS) is 28.2. The summed E-state index contributed by atoms with van der Waals surface area (Å²) in [6, 6.07) is 16.4. The fourth-order valence-electron chi connectivity index (χ4n) is 6.68. The molecule has 4 aliphatic rings.